The van der Waals surface area contributed by atoms with Crippen LogP contribution in [-0.4, -0.2) is 41.8 Å². The minimum Gasteiger partial charge on any atom is -0.396 e. The van der Waals surface area contributed by atoms with Gasteiger partial charge in [0.25, 0.3) is 0 Å². The highest BCUT2D eigenvalue weighted by atomic mass is 16.3. The molecule has 118 valence electrons. The van der Waals surface area contributed by atoms with Gasteiger partial charge in [-0.2, -0.15) is 0 Å². The highest BCUT2D eigenvalue weighted by Gasteiger charge is 2.65. The molecular weight excluding hydrogens is 272 g/mol. The third-order valence-corrected chi connectivity index (χ3v) is 7.43. The molecule has 1 aliphatic carbocycles. The Balaban J connectivity index is 1.68. The maximum absolute atomic E-state index is 10.2. The van der Waals surface area contributed by atoms with Crippen molar-refractivity contribution < 1.29 is 5.11 Å². The minimum atomic E-state index is 0.249. The van der Waals surface area contributed by atoms with E-state index in [1.807, 2.05) is 0 Å². The van der Waals surface area contributed by atoms with Crippen molar-refractivity contribution in [1.82, 2.24) is 4.90 Å². The third-order valence-electron chi connectivity index (χ3n) is 7.43. The number of hydrogen-bond donors (Lipinski definition) is 2. The number of aliphatic hydroxyl groups excluding tert-OH is 1. The number of fused-ring (bicyclic) bond motifs is 2. The largest absolute Gasteiger partial charge is 0.396 e. The van der Waals surface area contributed by atoms with Crippen LogP contribution in [0, 0.1) is 17.8 Å². The molecule has 4 aliphatic rings. The molecule has 1 spiro atoms. The van der Waals surface area contributed by atoms with Gasteiger partial charge in [0.05, 0.1) is 0 Å². The van der Waals surface area contributed by atoms with Crippen molar-refractivity contribution in [3.63, 3.8) is 0 Å². The molecule has 6 atom stereocenters. The van der Waals surface area contributed by atoms with Crippen LogP contribution in [0.3, 0.4) is 0 Å². The van der Waals surface area contributed by atoms with Crippen LogP contribution in [-0.2, 0) is 5.41 Å². The summed E-state index contributed by atoms with van der Waals surface area (Å²) >= 11 is 0. The Morgan fingerprint density at radius 2 is 2.23 bits per heavy atom. The average molecular weight is 298 g/mol. The van der Waals surface area contributed by atoms with Gasteiger partial charge in [-0.05, 0) is 42.9 Å². The Bertz CT molecular complexity index is 603. The van der Waals surface area contributed by atoms with E-state index in [4.69, 9.17) is 0 Å². The molecule has 0 aromatic heterocycles. The van der Waals surface area contributed by atoms with Crippen LogP contribution in [0.2, 0.25) is 0 Å². The third kappa shape index (κ3) is 1.40. The lowest BCUT2D eigenvalue weighted by molar-refractivity contribution is -0.0363. The van der Waals surface area contributed by atoms with Crippen LogP contribution in [0.25, 0.3) is 0 Å². The molecule has 0 amide bonds. The van der Waals surface area contributed by atoms with Gasteiger partial charge in [0.1, 0.15) is 0 Å². The van der Waals surface area contributed by atoms with E-state index >= 15 is 0 Å². The number of nitrogens with one attached hydrogen (secondary N) is 1. The summed E-state index contributed by atoms with van der Waals surface area (Å²) in [5.74, 6) is 1.86. The molecule has 2 N–H and O–H groups in total. The molecule has 1 aromatic carbocycles. The first kappa shape index (κ1) is 13.4. The smallest absolute Gasteiger partial charge is 0.0481 e. The maximum atomic E-state index is 10.2. The molecule has 3 aliphatic heterocycles. The summed E-state index contributed by atoms with van der Waals surface area (Å²) in [6.07, 6.45) is 3.79. The van der Waals surface area contributed by atoms with Crippen LogP contribution in [0.4, 0.5) is 5.69 Å². The number of benzene rings is 1. The lowest BCUT2D eigenvalue weighted by Gasteiger charge is -2.56. The first-order valence-electron chi connectivity index (χ1n) is 9.00. The predicted octanol–water partition coefficient (Wildman–Crippen LogP) is 2.46. The lowest BCUT2D eigenvalue weighted by atomic mass is 9.54. The van der Waals surface area contributed by atoms with Gasteiger partial charge in [-0.3, -0.25) is 4.90 Å². The summed E-state index contributed by atoms with van der Waals surface area (Å²) < 4.78 is 0. The molecule has 2 bridgehead atoms. The molecule has 3 heteroatoms. The van der Waals surface area contributed by atoms with E-state index in [1.54, 1.807) is 0 Å². The highest BCUT2D eigenvalue weighted by molar-refractivity contribution is 5.64. The van der Waals surface area contributed by atoms with Gasteiger partial charge < -0.3 is 10.4 Å². The fourth-order valence-electron chi connectivity index (χ4n) is 6.53. The first-order valence-corrected chi connectivity index (χ1v) is 9.00. The Hall–Kier alpha value is -1.06. The maximum Gasteiger partial charge on any atom is 0.0481 e. The van der Waals surface area contributed by atoms with E-state index in [0.29, 0.717) is 30.5 Å². The summed E-state index contributed by atoms with van der Waals surface area (Å²) in [7, 11) is 0. The number of aliphatic hydroxyl groups is 1. The second kappa shape index (κ2) is 4.48. The fourth-order valence-corrected chi connectivity index (χ4v) is 6.53. The number of hydrogen-bond acceptors (Lipinski definition) is 3. The number of piperidine rings is 1. The van der Waals surface area contributed by atoms with E-state index in [0.717, 1.165) is 5.92 Å². The minimum absolute atomic E-state index is 0.249. The van der Waals surface area contributed by atoms with E-state index < -0.39 is 0 Å². The summed E-state index contributed by atoms with van der Waals surface area (Å²) in [6.45, 7) is 5.15. The van der Waals surface area contributed by atoms with E-state index in [9.17, 15) is 5.11 Å². The second-order valence-electron chi connectivity index (χ2n) is 7.88. The van der Waals surface area contributed by atoms with Crippen molar-refractivity contribution in [2.75, 3.05) is 25.0 Å². The molecule has 3 nitrogen and oxygen atoms in total. The van der Waals surface area contributed by atoms with Crippen molar-refractivity contribution in [2.24, 2.45) is 17.8 Å². The van der Waals surface area contributed by atoms with Crippen molar-refractivity contribution >= 4 is 5.69 Å². The molecule has 0 unspecified atom stereocenters. The van der Waals surface area contributed by atoms with Gasteiger partial charge >= 0.3 is 0 Å². The average Bonchev–Trinajstić information content (AvgIpc) is 3.11. The van der Waals surface area contributed by atoms with Crippen molar-refractivity contribution in [3.8, 4) is 0 Å². The molecule has 1 aromatic rings. The molecular formula is C19H26N2O. The zero-order valence-electron chi connectivity index (χ0n) is 13.3. The fraction of sp³-hybridized carbons (Fsp3) is 0.684. The van der Waals surface area contributed by atoms with Crippen LogP contribution < -0.4 is 5.32 Å². The topological polar surface area (TPSA) is 35.5 Å². The van der Waals surface area contributed by atoms with Crippen LogP contribution >= 0.6 is 0 Å². The van der Waals surface area contributed by atoms with Gasteiger partial charge in [0, 0.05) is 42.3 Å². The van der Waals surface area contributed by atoms with Crippen molar-refractivity contribution in [1.29, 1.82) is 0 Å². The normalized spacial score (nSPS) is 45.3. The molecule has 5 rings (SSSR count). The van der Waals surface area contributed by atoms with E-state index in [1.165, 1.54) is 43.6 Å². The van der Waals surface area contributed by atoms with Gasteiger partial charge in [-0.1, -0.05) is 31.5 Å². The molecule has 3 fully saturated rings. The first-order chi connectivity index (χ1) is 10.8. The molecule has 2 saturated heterocycles. The number of nitrogens with zero attached hydrogens (tertiary/aromatic N) is 1. The number of anilines is 1. The lowest BCUT2D eigenvalue weighted by Crippen LogP contribution is -2.64. The van der Waals surface area contributed by atoms with Crippen LogP contribution in [0.1, 0.15) is 31.7 Å². The second-order valence-corrected chi connectivity index (χ2v) is 7.88. The molecule has 3 heterocycles. The zero-order chi connectivity index (χ0) is 14.9. The Morgan fingerprint density at radius 1 is 1.36 bits per heavy atom. The summed E-state index contributed by atoms with van der Waals surface area (Å²) in [5, 5.41) is 14.1. The standard InChI is InChI=1S/C19H26N2O/c1-2-12-10-21-8-7-19-15-5-3-4-6-16(15)20-18(19)14(11-22)13(12)9-17(19)21/h3-6,12-14,17-18,20,22H,2,7-11H2,1H3/t12-,13-,14+,17+,18+,19-/m1/s1. The summed E-state index contributed by atoms with van der Waals surface area (Å²) in [6, 6.07) is 10.0. The van der Waals surface area contributed by atoms with Crippen LogP contribution in [0.5, 0.6) is 0 Å². The van der Waals surface area contributed by atoms with E-state index in [-0.39, 0.29) is 5.41 Å². The highest BCUT2D eigenvalue weighted by Crippen LogP contribution is 2.61. The Labute approximate surface area is 132 Å². The monoisotopic (exact) mass is 298 g/mol. The van der Waals surface area contributed by atoms with E-state index in [2.05, 4.69) is 41.4 Å². The van der Waals surface area contributed by atoms with Crippen molar-refractivity contribution in [3.05, 3.63) is 29.8 Å². The molecule has 22 heavy (non-hydrogen) atoms. The summed E-state index contributed by atoms with van der Waals surface area (Å²) in [4.78, 5) is 2.77. The van der Waals surface area contributed by atoms with Crippen molar-refractivity contribution in [2.45, 2.75) is 43.7 Å². The number of rotatable bonds is 2. The Kier molecular flexibility index (Phi) is 2.73. The Morgan fingerprint density at radius 3 is 3.05 bits per heavy atom. The quantitative estimate of drug-likeness (QED) is 0.880. The van der Waals surface area contributed by atoms with Gasteiger partial charge in [-0.15, -0.1) is 0 Å². The molecule has 1 saturated carbocycles. The number of para-hydroxylation sites is 1. The van der Waals surface area contributed by atoms with Gasteiger partial charge in [-0.25, -0.2) is 0 Å². The zero-order valence-corrected chi connectivity index (χ0v) is 13.3. The van der Waals surface area contributed by atoms with Gasteiger partial charge in [0.2, 0.25) is 0 Å². The van der Waals surface area contributed by atoms with Crippen LogP contribution in [0.15, 0.2) is 24.3 Å². The summed E-state index contributed by atoms with van der Waals surface area (Å²) in [5.41, 5.74) is 3.10. The molecule has 0 radical (unpaired) electrons. The predicted molar refractivity (Wildman–Crippen MR) is 88.0 cm³/mol. The van der Waals surface area contributed by atoms with Gasteiger partial charge in [0.15, 0.2) is 0 Å². The SMILES string of the molecule is CC[C@@H]1CN2CC[C@]34c5ccccc5N[C@H]3[C@@H](CO)[C@@H]1C[C@H]24.